The van der Waals surface area contributed by atoms with Crippen molar-refractivity contribution >= 4 is 27.4 Å². The fourth-order valence-electron chi connectivity index (χ4n) is 2.00. The third-order valence-corrected chi connectivity index (χ3v) is 4.64. The molecule has 0 amide bonds. The summed E-state index contributed by atoms with van der Waals surface area (Å²) in [7, 11) is -1.68. The van der Waals surface area contributed by atoms with Crippen LogP contribution in [0.5, 0.6) is 5.75 Å². The molecule has 132 valence electrons. The lowest BCUT2D eigenvalue weighted by Crippen LogP contribution is -2.15. The third-order valence-electron chi connectivity index (χ3n) is 3.21. The summed E-state index contributed by atoms with van der Waals surface area (Å²) in [6, 6.07) is 8.84. The van der Waals surface area contributed by atoms with E-state index in [4.69, 9.17) is 4.74 Å². The van der Waals surface area contributed by atoms with Crippen molar-refractivity contribution in [3.05, 3.63) is 58.1 Å². The lowest BCUT2D eigenvalue weighted by atomic mass is 10.2. The number of nitrogens with one attached hydrogen (secondary N) is 1. The second kappa shape index (κ2) is 7.18. The SMILES string of the molecule is COC(=O)c1ccc(NS(=O)(=O)c2ccc(OC)cc2[N+](=O)[O-])cc1. The zero-order valence-corrected chi connectivity index (χ0v) is 14.1. The maximum atomic E-state index is 12.5. The van der Waals surface area contributed by atoms with Crippen molar-refractivity contribution < 1.29 is 27.6 Å². The molecule has 0 spiro atoms. The van der Waals surface area contributed by atoms with Crippen molar-refractivity contribution in [3.8, 4) is 5.75 Å². The van der Waals surface area contributed by atoms with Gasteiger partial charge in [-0.15, -0.1) is 0 Å². The molecule has 0 bridgehead atoms. The number of hydrogen-bond acceptors (Lipinski definition) is 7. The Hall–Kier alpha value is -3.14. The predicted octanol–water partition coefficient (Wildman–Crippen LogP) is 2.19. The standard InChI is InChI=1S/C15H14N2O7S/c1-23-12-7-8-14(13(9-12)17(19)20)25(21,22)16-11-5-3-10(4-6-11)15(18)24-2/h3-9,16H,1-2H3. The largest absolute Gasteiger partial charge is 0.497 e. The molecule has 2 aromatic carbocycles. The summed E-state index contributed by atoms with van der Waals surface area (Å²) in [5.74, 6) is -0.409. The zero-order chi connectivity index (χ0) is 18.6. The van der Waals surface area contributed by atoms with Crippen LogP contribution in [0.3, 0.4) is 0 Å². The lowest BCUT2D eigenvalue weighted by molar-refractivity contribution is -0.387. The zero-order valence-electron chi connectivity index (χ0n) is 13.3. The number of esters is 1. The van der Waals surface area contributed by atoms with Crippen LogP contribution in [0.1, 0.15) is 10.4 Å². The molecular weight excluding hydrogens is 352 g/mol. The van der Waals surface area contributed by atoms with Gasteiger partial charge in [0.25, 0.3) is 15.7 Å². The lowest BCUT2D eigenvalue weighted by Gasteiger charge is -2.10. The van der Waals surface area contributed by atoms with Gasteiger partial charge < -0.3 is 9.47 Å². The average molecular weight is 366 g/mol. The number of carbonyl (C=O) groups excluding carboxylic acids is 1. The van der Waals surface area contributed by atoms with Gasteiger partial charge in [0.1, 0.15) is 5.75 Å². The van der Waals surface area contributed by atoms with Gasteiger partial charge >= 0.3 is 5.97 Å². The number of nitro benzene ring substituents is 1. The van der Waals surface area contributed by atoms with Gasteiger partial charge in [0, 0.05) is 5.69 Å². The first kappa shape index (κ1) is 18.2. The van der Waals surface area contributed by atoms with Crippen LogP contribution in [-0.4, -0.2) is 33.5 Å². The summed E-state index contributed by atoms with van der Waals surface area (Å²) in [6.45, 7) is 0. The molecule has 0 aliphatic rings. The van der Waals surface area contributed by atoms with Crippen molar-refractivity contribution in [3.63, 3.8) is 0 Å². The van der Waals surface area contributed by atoms with E-state index in [-0.39, 0.29) is 17.0 Å². The fraction of sp³-hybridized carbons (Fsp3) is 0.133. The number of carbonyl (C=O) groups is 1. The molecule has 0 atom stereocenters. The normalized spacial score (nSPS) is 10.8. The molecule has 2 aromatic rings. The second-order valence-corrected chi connectivity index (χ2v) is 6.42. The van der Waals surface area contributed by atoms with E-state index in [0.29, 0.717) is 0 Å². The molecule has 0 aliphatic carbocycles. The first-order valence-electron chi connectivity index (χ1n) is 6.82. The molecule has 0 radical (unpaired) electrons. The van der Waals surface area contributed by atoms with Crippen molar-refractivity contribution in [2.24, 2.45) is 0 Å². The van der Waals surface area contributed by atoms with Gasteiger partial charge in [0.2, 0.25) is 0 Å². The number of nitrogens with zero attached hydrogens (tertiary/aromatic N) is 1. The molecule has 0 aromatic heterocycles. The van der Waals surface area contributed by atoms with Crippen LogP contribution in [-0.2, 0) is 14.8 Å². The van der Waals surface area contributed by atoms with Crippen LogP contribution < -0.4 is 9.46 Å². The minimum atomic E-state index is -4.22. The number of anilines is 1. The number of benzene rings is 2. The Bertz CT molecular complexity index is 908. The molecular formula is C15H14N2O7S. The highest BCUT2D eigenvalue weighted by molar-refractivity contribution is 7.92. The number of sulfonamides is 1. The van der Waals surface area contributed by atoms with E-state index in [1.165, 1.54) is 44.6 Å². The number of hydrogen-bond donors (Lipinski definition) is 1. The number of ether oxygens (including phenoxy) is 2. The third kappa shape index (κ3) is 4.04. The predicted molar refractivity (Wildman–Crippen MR) is 88.2 cm³/mol. The van der Waals surface area contributed by atoms with Crippen LogP contribution in [0.25, 0.3) is 0 Å². The van der Waals surface area contributed by atoms with Crippen molar-refractivity contribution in [1.29, 1.82) is 0 Å². The molecule has 0 saturated heterocycles. The Morgan fingerprint density at radius 2 is 1.76 bits per heavy atom. The fourth-order valence-corrected chi connectivity index (χ4v) is 3.21. The van der Waals surface area contributed by atoms with Crippen LogP contribution >= 0.6 is 0 Å². The minimum absolute atomic E-state index is 0.137. The van der Waals surface area contributed by atoms with Crippen molar-refractivity contribution in [2.75, 3.05) is 18.9 Å². The van der Waals surface area contributed by atoms with Gasteiger partial charge in [-0.25, -0.2) is 13.2 Å². The molecule has 25 heavy (non-hydrogen) atoms. The van der Waals surface area contributed by atoms with Gasteiger partial charge in [-0.3, -0.25) is 14.8 Å². The minimum Gasteiger partial charge on any atom is -0.497 e. The highest BCUT2D eigenvalue weighted by Gasteiger charge is 2.26. The molecule has 0 fully saturated rings. The van der Waals surface area contributed by atoms with Crippen LogP contribution in [0.4, 0.5) is 11.4 Å². The quantitative estimate of drug-likeness (QED) is 0.472. The van der Waals surface area contributed by atoms with E-state index in [0.717, 1.165) is 12.1 Å². The molecule has 1 N–H and O–H groups in total. The Morgan fingerprint density at radius 3 is 2.28 bits per heavy atom. The maximum Gasteiger partial charge on any atom is 0.337 e. The molecule has 2 rings (SSSR count). The number of nitro groups is 1. The average Bonchev–Trinajstić information content (AvgIpc) is 2.60. The summed E-state index contributed by atoms with van der Waals surface area (Å²) in [4.78, 5) is 21.2. The summed E-state index contributed by atoms with van der Waals surface area (Å²) in [6.07, 6.45) is 0. The van der Waals surface area contributed by atoms with E-state index in [1.54, 1.807) is 0 Å². The Morgan fingerprint density at radius 1 is 1.12 bits per heavy atom. The Labute approximate surface area is 143 Å². The number of rotatable bonds is 6. The van der Waals surface area contributed by atoms with Gasteiger partial charge in [-0.1, -0.05) is 0 Å². The topological polar surface area (TPSA) is 125 Å². The Balaban J connectivity index is 2.36. The van der Waals surface area contributed by atoms with E-state index >= 15 is 0 Å². The molecule has 9 nitrogen and oxygen atoms in total. The molecule has 10 heteroatoms. The maximum absolute atomic E-state index is 12.5. The van der Waals surface area contributed by atoms with Gasteiger partial charge in [0.15, 0.2) is 4.90 Å². The van der Waals surface area contributed by atoms with Gasteiger partial charge in [0.05, 0.1) is 30.8 Å². The molecule has 0 aliphatic heterocycles. The van der Waals surface area contributed by atoms with E-state index in [1.807, 2.05) is 0 Å². The molecule has 0 unspecified atom stereocenters. The van der Waals surface area contributed by atoms with Crippen molar-refractivity contribution in [2.45, 2.75) is 4.90 Å². The molecule has 0 saturated carbocycles. The monoisotopic (exact) mass is 366 g/mol. The van der Waals surface area contributed by atoms with Gasteiger partial charge in [-0.2, -0.15) is 0 Å². The second-order valence-electron chi connectivity index (χ2n) is 4.77. The number of methoxy groups -OCH3 is 2. The van der Waals surface area contributed by atoms with Crippen LogP contribution in [0.15, 0.2) is 47.4 Å². The first-order valence-corrected chi connectivity index (χ1v) is 8.30. The highest BCUT2D eigenvalue weighted by atomic mass is 32.2. The Kier molecular flexibility index (Phi) is 5.22. The highest BCUT2D eigenvalue weighted by Crippen LogP contribution is 2.29. The van der Waals surface area contributed by atoms with Crippen molar-refractivity contribution in [1.82, 2.24) is 0 Å². The molecule has 0 heterocycles. The van der Waals surface area contributed by atoms with E-state index in [9.17, 15) is 23.3 Å². The van der Waals surface area contributed by atoms with Crippen LogP contribution in [0.2, 0.25) is 0 Å². The van der Waals surface area contributed by atoms with Crippen LogP contribution in [0, 0.1) is 10.1 Å². The smallest absolute Gasteiger partial charge is 0.337 e. The summed E-state index contributed by atoms with van der Waals surface area (Å²) < 4.78 is 36.6. The summed E-state index contributed by atoms with van der Waals surface area (Å²) in [5, 5.41) is 11.1. The summed E-state index contributed by atoms with van der Waals surface area (Å²) >= 11 is 0. The first-order chi connectivity index (χ1) is 11.8. The van der Waals surface area contributed by atoms with E-state index in [2.05, 4.69) is 9.46 Å². The van der Waals surface area contributed by atoms with Gasteiger partial charge in [-0.05, 0) is 36.4 Å². The summed E-state index contributed by atoms with van der Waals surface area (Å²) in [5.41, 5.74) is -0.239. The van der Waals surface area contributed by atoms with E-state index < -0.39 is 31.5 Å².